The largest absolute Gasteiger partial charge is 0.284 e. The molecule has 2 aromatic rings. The number of rotatable bonds is 4. The van der Waals surface area contributed by atoms with Gasteiger partial charge in [0.1, 0.15) is 0 Å². The van der Waals surface area contributed by atoms with E-state index in [9.17, 15) is 36.0 Å². The molecular weight excluding hydrogens is 444 g/mol. The molecule has 2 aromatic carbocycles. The van der Waals surface area contributed by atoms with Crippen LogP contribution in [0.5, 0.6) is 0 Å². The molecule has 0 unspecified atom stereocenters. The van der Waals surface area contributed by atoms with Crippen molar-refractivity contribution in [2.45, 2.75) is 0 Å². The SMILES string of the molecule is O=C1c2ccc3c4c(ccc(c24)C(=O)N1CS(=O)(=O)O)C(=O)N(CS(=O)(=O)O)C3=O. The minimum Gasteiger partial charge on any atom is -0.284 e. The zero-order valence-corrected chi connectivity index (χ0v) is 16.2. The van der Waals surface area contributed by atoms with E-state index in [0.717, 1.165) is 24.3 Å². The molecular formula is C16H10N2O10S2. The van der Waals surface area contributed by atoms with Gasteiger partial charge in [-0.3, -0.25) is 38.1 Å². The molecule has 0 radical (unpaired) electrons. The second-order valence-corrected chi connectivity index (χ2v) is 9.41. The van der Waals surface area contributed by atoms with Crippen LogP contribution in [0.1, 0.15) is 41.4 Å². The number of nitrogens with zero attached hydrogens (tertiary/aromatic N) is 2. The van der Waals surface area contributed by atoms with E-state index in [0.29, 0.717) is 9.80 Å². The van der Waals surface area contributed by atoms with Gasteiger partial charge in [-0.25, -0.2) is 0 Å². The van der Waals surface area contributed by atoms with Crippen molar-refractivity contribution in [1.29, 1.82) is 0 Å². The van der Waals surface area contributed by atoms with Crippen LogP contribution in [0.15, 0.2) is 24.3 Å². The van der Waals surface area contributed by atoms with Crippen LogP contribution in [0.25, 0.3) is 10.8 Å². The highest BCUT2D eigenvalue weighted by Gasteiger charge is 2.41. The molecule has 2 N–H and O–H groups in total. The molecule has 12 nitrogen and oxygen atoms in total. The summed E-state index contributed by atoms with van der Waals surface area (Å²) in [6.45, 7) is 0. The van der Waals surface area contributed by atoms with Crippen molar-refractivity contribution >= 4 is 54.6 Å². The molecule has 2 aliphatic rings. The van der Waals surface area contributed by atoms with E-state index in [4.69, 9.17) is 9.11 Å². The maximum absolute atomic E-state index is 12.7. The lowest BCUT2D eigenvalue weighted by atomic mass is 9.86. The minimum absolute atomic E-state index is 0.0696. The molecule has 14 heteroatoms. The topological polar surface area (TPSA) is 184 Å². The molecule has 0 aromatic heterocycles. The second kappa shape index (κ2) is 6.15. The van der Waals surface area contributed by atoms with Gasteiger partial charge in [0, 0.05) is 33.0 Å². The number of imide groups is 2. The number of amides is 4. The summed E-state index contributed by atoms with van der Waals surface area (Å²) in [7, 11) is -9.45. The van der Waals surface area contributed by atoms with Crippen LogP contribution < -0.4 is 0 Å². The van der Waals surface area contributed by atoms with Gasteiger partial charge in [-0.15, -0.1) is 0 Å². The zero-order chi connectivity index (χ0) is 22.2. The van der Waals surface area contributed by atoms with Crippen molar-refractivity contribution in [3.8, 4) is 0 Å². The number of hydrogen-bond donors (Lipinski definition) is 2. The highest BCUT2D eigenvalue weighted by molar-refractivity contribution is 7.86. The van der Waals surface area contributed by atoms with E-state index in [1.165, 1.54) is 0 Å². The number of benzene rings is 2. The van der Waals surface area contributed by atoms with Crippen molar-refractivity contribution in [3.63, 3.8) is 0 Å². The molecule has 0 spiro atoms. The standard InChI is InChI=1S/C16H10N2O10S2/c19-13-7-1-2-8-12-10(16(22)18(14(8)20)6-30(26,27)28)4-3-9(11(7)12)15(21)17(13)5-29(23,24)25/h1-4H,5-6H2,(H,23,24,25)(H,26,27,28). The molecule has 0 aliphatic carbocycles. The zero-order valence-electron chi connectivity index (χ0n) is 14.6. The van der Waals surface area contributed by atoms with Gasteiger partial charge in [0.05, 0.1) is 0 Å². The van der Waals surface area contributed by atoms with Gasteiger partial charge in [0.15, 0.2) is 11.8 Å². The number of carbonyl (C=O) groups excluding carboxylic acids is 4. The van der Waals surface area contributed by atoms with Crippen LogP contribution in [0.3, 0.4) is 0 Å². The Hall–Kier alpha value is -3.20. The summed E-state index contributed by atoms with van der Waals surface area (Å²) in [5, 5.41) is -0.139. The average Bonchev–Trinajstić information content (AvgIpc) is 2.63. The molecule has 4 amide bonds. The second-order valence-electron chi connectivity index (χ2n) is 6.57. The molecule has 0 atom stereocenters. The van der Waals surface area contributed by atoms with Gasteiger partial charge in [0.25, 0.3) is 43.9 Å². The summed E-state index contributed by atoms with van der Waals surface area (Å²) in [5.74, 6) is -6.81. The fourth-order valence-electron chi connectivity index (χ4n) is 3.54. The molecule has 0 saturated carbocycles. The fourth-order valence-corrected chi connectivity index (χ4v) is 4.66. The number of carbonyl (C=O) groups is 4. The van der Waals surface area contributed by atoms with E-state index < -0.39 is 55.6 Å². The van der Waals surface area contributed by atoms with Crippen molar-refractivity contribution in [1.82, 2.24) is 9.80 Å². The summed E-state index contributed by atoms with van der Waals surface area (Å²) < 4.78 is 62.8. The molecule has 0 saturated heterocycles. The highest BCUT2D eigenvalue weighted by atomic mass is 32.2. The van der Waals surface area contributed by atoms with Gasteiger partial charge >= 0.3 is 0 Å². The molecule has 0 fully saturated rings. The van der Waals surface area contributed by atoms with Crippen LogP contribution in [-0.2, 0) is 20.2 Å². The van der Waals surface area contributed by atoms with E-state index >= 15 is 0 Å². The predicted molar refractivity (Wildman–Crippen MR) is 97.8 cm³/mol. The summed E-state index contributed by atoms with van der Waals surface area (Å²) in [5.41, 5.74) is -0.731. The Morgan fingerprint density at radius 2 is 0.800 bits per heavy atom. The third-order valence-corrected chi connectivity index (χ3v) is 5.82. The Bertz CT molecular complexity index is 1250. The first kappa shape index (κ1) is 20.1. The first-order chi connectivity index (χ1) is 13.8. The first-order valence-corrected chi connectivity index (χ1v) is 11.2. The highest BCUT2D eigenvalue weighted by Crippen LogP contribution is 2.37. The normalized spacial score (nSPS) is 16.6. The van der Waals surface area contributed by atoms with Crippen molar-refractivity contribution in [2.24, 2.45) is 0 Å². The van der Waals surface area contributed by atoms with Crippen molar-refractivity contribution < 1.29 is 45.1 Å². The molecule has 0 bridgehead atoms. The third kappa shape index (κ3) is 2.97. The maximum Gasteiger partial charge on any atom is 0.283 e. The van der Waals surface area contributed by atoms with Crippen LogP contribution >= 0.6 is 0 Å². The van der Waals surface area contributed by atoms with Gasteiger partial charge in [0.2, 0.25) is 0 Å². The Morgan fingerprint density at radius 3 is 1.00 bits per heavy atom. The number of hydrogen-bond acceptors (Lipinski definition) is 8. The van der Waals surface area contributed by atoms with Crippen LogP contribution in [0.4, 0.5) is 0 Å². The first-order valence-electron chi connectivity index (χ1n) is 8.02. The van der Waals surface area contributed by atoms with Gasteiger partial charge in [-0.1, -0.05) is 0 Å². The summed E-state index contributed by atoms with van der Waals surface area (Å²) in [6.07, 6.45) is 0. The fraction of sp³-hybridized carbons (Fsp3) is 0.125. The van der Waals surface area contributed by atoms with Crippen molar-refractivity contribution in [3.05, 3.63) is 46.5 Å². The van der Waals surface area contributed by atoms with Gasteiger partial charge in [-0.2, -0.15) is 16.8 Å². The van der Waals surface area contributed by atoms with E-state index in [2.05, 4.69) is 0 Å². The molecule has 4 rings (SSSR count). The smallest absolute Gasteiger partial charge is 0.283 e. The van der Waals surface area contributed by atoms with Crippen LogP contribution in [-0.4, -0.2) is 71.1 Å². The van der Waals surface area contributed by atoms with Gasteiger partial charge < -0.3 is 0 Å². The Balaban J connectivity index is 1.97. The summed E-state index contributed by atoms with van der Waals surface area (Å²) in [6, 6.07) is 4.48. The third-order valence-electron chi connectivity index (χ3n) is 4.65. The average molecular weight is 454 g/mol. The monoisotopic (exact) mass is 454 g/mol. The van der Waals surface area contributed by atoms with E-state index in [-0.39, 0.29) is 33.0 Å². The lowest BCUT2D eigenvalue weighted by Gasteiger charge is -2.30. The minimum atomic E-state index is -4.72. The maximum atomic E-state index is 12.7. The molecule has 2 heterocycles. The van der Waals surface area contributed by atoms with E-state index in [1.54, 1.807) is 0 Å². The van der Waals surface area contributed by atoms with Crippen LogP contribution in [0.2, 0.25) is 0 Å². The van der Waals surface area contributed by atoms with Crippen molar-refractivity contribution in [2.75, 3.05) is 11.8 Å². The van der Waals surface area contributed by atoms with Crippen LogP contribution in [0, 0.1) is 0 Å². The van der Waals surface area contributed by atoms with E-state index in [1.807, 2.05) is 0 Å². The quantitative estimate of drug-likeness (QED) is 0.460. The summed E-state index contributed by atoms with van der Waals surface area (Å²) in [4.78, 5) is 51.3. The van der Waals surface area contributed by atoms with Gasteiger partial charge in [-0.05, 0) is 24.3 Å². The lowest BCUT2D eigenvalue weighted by molar-refractivity contribution is 0.0614. The Morgan fingerprint density at radius 1 is 0.567 bits per heavy atom. The molecule has 2 aliphatic heterocycles. The summed E-state index contributed by atoms with van der Waals surface area (Å²) >= 11 is 0. The lowest BCUT2D eigenvalue weighted by Crippen LogP contribution is -2.45. The Kier molecular flexibility index (Phi) is 4.12. The molecule has 156 valence electrons. The molecule has 30 heavy (non-hydrogen) atoms. The predicted octanol–water partition coefficient (Wildman–Crippen LogP) is -0.278. The Labute approximate surface area is 168 Å².